The Labute approximate surface area is 102 Å². The first-order chi connectivity index (χ1) is 7.41. The Bertz CT molecular complexity index is 301. The van der Waals surface area contributed by atoms with Gasteiger partial charge in [0.2, 0.25) is 0 Å². The summed E-state index contributed by atoms with van der Waals surface area (Å²) in [6.45, 7) is 8.00. The van der Waals surface area contributed by atoms with Crippen molar-refractivity contribution in [1.82, 2.24) is 4.98 Å². The molecule has 1 rings (SSSR count). The van der Waals surface area contributed by atoms with Crippen LogP contribution in [0.15, 0.2) is 16.7 Å². The average molecular weight is 301 g/mol. The number of nitrogen functional groups attached to an aromatic ring is 1. The van der Waals surface area contributed by atoms with E-state index in [2.05, 4.69) is 20.9 Å². The minimum atomic E-state index is -4.39. The van der Waals surface area contributed by atoms with E-state index >= 15 is 0 Å². The summed E-state index contributed by atoms with van der Waals surface area (Å²) in [7, 11) is 0. The van der Waals surface area contributed by atoms with Crippen LogP contribution >= 0.6 is 15.9 Å². The van der Waals surface area contributed by atoms with Crippen LogP contribution < -0.4 is 5.73 Å². The Hall–Kier alpha value is -0.780. The highest BCUT2D eigenvalue weighted by Gasteiger charge is 2.33. The van der Waals surface area contributed by atoms with E-state index in [4.69, 9.17) is 5.73 Å². The zero-order valence-electron chi connectivity index (χ0n) is 9.69. The Kier molecular flexibility index (Phi) is 9.22. The number of hydrogen-bond donors (Lipinski definition) is 1. The molecule has 1 aromatic rings. The minimum Gasteiger partial charge on any atom is -0.384 e. The van der Waals surface area contributed by atoms with Crippen molar-refractivity contribution in [3.8, 4) is 0 Å². The number of rotatable bonds is 0. The predicted octanol–water partition coefficient (Wildman–Crippen LogP) is 4.50. The topological polar surface area (TPSA) is 38.9 Å². The molecule has 0 atom stereocenters. The quantitative estimate of drug-likeness (QED) is 0.766. The summed E-state index contributed by atoms with van der Waals surface area (Å²) >= 11 is 2.73. The summed E-state index contributed by atoms with van der Waals surface area (Å²) in [5, 5.41) is 0. The lowest BCUT2D eigenvalue weighted by molar-refractivity contribution is -0.138. The highest BCUT2D eigenvalue weighted by molar-refractivity contribution is 9.10. The second-order valence-corrected chi connectivity index (χ2v) is 2.94. The van der Waals surface area contributed by atoms with E-state index in [1.54, 1.807) is 0 Å². The average Bonchev–Trinajstić information content (AvgIpc) is 2.26. The van der Waals surface area contributed by atoms with E-state index < -0.39 is 11.7 Å². The van der Waals surface area contributed by atoms with Gasteiger partial charge in [-0.25, -0.2) is 4.98 Å². The van der Waals surface area contributed by atoms with E-state index in [-0.39, 0.29) is 10.3 Å². The first-order valence-electron chi connectivity index (χ1n) is 4.89. The summed E-state index contributed by atoms with van der Waals surface area (Å²) in [4.78, 5) is 3.48. The zero-order valence-corrected chi connectivity index (χ0v) is 11.3. The molecule has 2 N–H and O–H groups in total. The summed E-state index contributed by atoms with van der Waals surface area (Å²) < 4.78 is 36.2. The molecule has 0 spiro atoms. The van der Waals surface area contributed by atoms with Gasteiger partial charge in [0, 0.05) is 10.7 Å². The summed E-state index contributed by atoms with van der Waals surface area (Å²) in [5.41, 5.74) is 4.28. The standard InChI is InChI=1S/C6H4BrF3N2.2C2H6/c7-4-2-12-5(11)1-3(4)6(8,9)10;2*1-2/h1-2H,(H2,11,12);2*1-2H3. The predicted molar refractivity (Wildman–Crippen MR) is 64.0 cm³/mol. The van der Waals surface area contributed by atoms with Gasteiger partial charge in [0.15, 0.2) is 0 Å². The van der Waals surface area contributed by atoms with E-state index in [1.165, 1.54) is 0 Å². The second kappa shape index (κ2) is 8.38. The second-order valence-electron chi connectivity index (χ2n) is 2.09. The van der Waals surface area contributed by atoms with Crippen molar-refractivity contribution in [1.29, 1.82) is 0 Å². The molecule has 2 nitrogen and oxygen atoms in total. The third-order valence-electron chi connectivity index (χ3n) is 1.18. The molecule has 6 heteroatoms. The van der Waals surface area contributed by atoms with Gasteiger partial charge in [0.05, 0.1) is 5.56 Å². The third kappa shape index (κ3) is 5.95. The number of pyridine rings is 1. The number of alkyl halides is 3. The number of aromatic nitrogens is 1. The monoisotopic (exact) mass is 300 g/mol. The molecule has 94 valence electrons. The van der Waals surface area contributed by atoms with E-state index in [1.807, 2.05) is 27.7 Å². The van der Waals surface area contributed by atoms with Crippen LogP contribution in [0.3, 0.4) is 0 Å². The lowest BCUT2D eigenvalue weighted by Crippen LogP contribution is -2.07. The van der Waals surface area contributed by atoms with Crippen LogP contribution in [-0.2, 0) is 6.18 Å². The molecule has 0 aliphatic heterocycles. The number of nitrogens with two attached hydrogens (primary N) is 1. The van der Waals surface area contributed by atoms with Crippen molar-refractivity contribution < 1.29 is 13.2 Å². The van der Waals surface area contributed by atoms with Gasteiger partial charge in [-0.1, -0.05) is 27.7 Å². The first-order valence-corrected chi connectivity index (χ1v) is 5.69. The van der Waals surface area contributed by atoms with Crippen molar-refractivity contribution in [2.24, 2.45) is 0 Å². The SMILES string of the molecule is CC.CC.Nc1cc(C(F)(F)F)c(Br)cn1. The van der Waals surface area contributed by atoms with Crippen molar-refractivity contribution >= 4 is 21.7 Å². The number of anilines is 1. The highest BCUT2D eigenvalue weighted by atomic mass is 79.9. The maximum Gasteiger partial charge on any atom is 0.417 e. The fourth-order valence-electron chi connectivity index (χ4n) is 0.672. The van der Waals surface area contributed by atoms with Gasteiger partial charge >= 0.3 is 6.18 Å². The molecule has 1 aromatic heterocycles. The fraction of sp³-hybridized carbons (Fsp3) is 0.500. The maximum absolute atomic E-state index is 12.1. The molecule has 0 saturated carbocycles. The molecule has 0 radical (unpaired) electrons. The molecule has 0 fully saturated rings. The molecular weight excluding hydrogens is 285 g/mol. The smallest absolute Gasteiger partial charge is 0.384 e. The molecule has 0 aliphatic carbocycles. The maximum atomic E-state index is 12.1. The summed E-state index contributed by atoms with van der Waals surface area (Å²) in [6.07, 6.45) is -3.37. The van der Waals surface area contributed by atoms with Gasteiger partial charge in [-0.15, -0.1) is 0 Å². The van der Waals surface area contributed by atoms with Crippen molar-refractivity contribution in [3.05, 3.63) is 22.3 Å². The van der Waals surface area contributed by atoms with Crippen molar-refractivity contribution in [3.63, 3.8) is 0 Å². The Morgan fingerprint density at radius 1 is 1.19 bits per heavy atom. The Morgan fingerprint density at radius 2 is 1.62 bits per heavy atom. The number of nitrogens with zero attached hydrogens (tertiary/aromatic N) is 1. The molecule has 1 heterocycles. The van der Waals surface area contributed by atoms with Gasteiger partial charge in [0.25, 0.3) is 0 Å². The lowest BCUT2D eigenvalue weighted by atomic mass is 10.2. The van der Waals surface area contributed by atoms with Gasteiger partial charge in [-0.05, 0) is 22.0 Å². The fourth-order valence-corrected chi connectivity index (χ4v) is 1.11. The Morgan fingerprint density at radius 3 is 1.94 bits per heavy atom. The normalized spacial score (nSPS) is 9.50. The van der Waals surface area contributed by atoms with Crippen LogP contribution in [0.1, 0.15) is 33.3 Å². The van der Waals surface area contributed by atoms with E-state index in [9.17, 15) is 13.2 Å². The third-order valence-corrected chi connectivity index (χ3v) is 1.81. The molecule has 0 aromatic carbocycles. The Balaban J connectivity index is 0. The van der Waals surface area contributed by atoms with Crippen LogP contribution in [0, 0.1) is 0 Å². The van der Waals surface area contributed by atoms with Gasteiger partial charge in [0.1, 0.15) is 5.82 Å². The lowest BCUT2D eigenvalue weighted by Gasteiger charge is -2.08. The largest absolute Gasteiger partial charge is 0.417 e. The molecular formula is C10H16BrF3N2. The van der Waals surface area contributed by atoms with Gasteiger partial charge in [-0.3, -0.25) is 0 Å². The van der Waals surface area contributed by atoms with E-state index in [0.717, 1.165) is 12.3 Å². The van der Waals surface area contributed by atoms with Crippen LogP contribution in [0.5, 0.6) is 0 Å². The van der Waals surface area contributed by atoms with E-state index in [0.29, 0.717) is 0 Å². The van der Waals surface area contributed by atoms with Gasteiger partial charge < -0.3 is 5.73 Å². The summed E-state index contributed by atoms with van der Waals surface area (Å²) in [6, 6.07) is 0.782. The first kappa shape index (κ1) is 17.6. The molecule has 0 amide bonds. The number of hydrogen-bond acceptors (Lipinski definition) is 2. The summed E-state index contributed by atoms with van der Waals surface area (Å²) in [5.74, 6) is -0.148. The van der Waals surface area contributed by atoms with Crippen molar-refractivity contribution in [2.75, 3.05) is 5.73 Å². The van der Waals surface area contributed by atoms with Crippen LogP contribution in [0.4, 0.5) is 19.0 Å². The molecule has 0 unspecified atom stereocenters. The number of halogens is 4. The molecule has 0 bridgehead atoms. The molecule has 0 saturated heterocycles. The van der Waals surface area contributed by atoms with Crippen LogP contribution in [0.25, 0.3) is 0 Å². The van der Waals surface area contributed by atoms with Gasteiger partial charge in [-0.2, -0.15) is 13.2 Å². The van der Waals surface area contributed by atoms with Crippen molar-refractivity contribution in [2.45, 2.75) is 33.9 Å². The van der Waals surface area contributed by atoms with Crippen LogP contribution in [0.2, 0.25) is 0 Å². The zero-order chi connectivity index (χ0) is 13.4. The van der Waals surface area contributed by atoms with Crippen LogP contribution in [-0.4, -0.2) is 4.98 Å². The highest BCUT2D eigenvalue weighted by Crippen LogP contribution is 2.34. The molecule has 16 heavy (non-hydrogen) atoms. The minimum absolute atomic E-state index is 0.107. The molecule has 0 aliphatic rings.